The predicted molar refractivity (Wildman–Crippen MR) is 116 cm³/mol. The number of amides is 3. The summed E-state index contributed by atoms with van der Waals surface area (Å²) in [5, 5.41) is 5.65. The van der Waals surface area contributed by atoms with Gasteiger partial charge in [-0.1, -0.05) is 13.0 Å². The fourth-order valence-corrected chi connectivity index (χ4v) is 3.38. The molecule has 1 aromatic heterocycles. The van der Waals surface area contributed by atoms with Crippen molar-refractivity contribution < 1.29 is 9.59 Å². The summed E-state index contributed by atoms with van der Waals surface area (Å²) in [4.78, 5) is 32.8. The van der Waals surface area contributed by atoms with E-state index in [1.54, 1.807) is 6.20 Å². The summed E-state index contributed by atoms with van der Waals surface area (Å²) in [5.41, 5.74) is 3.70. The zero-order chi connectivity index (χ0) is 20.8. The van der Waals surface area contributed by atoms with E-state index in [2.05, 4.69) is 20.5 Å². The molecular formula is C22H29N5O2. The van der Waals surface area contributed by atoms with Crippen molar-refractivity contribution in [3.05, 3.63) is 47.7 Å². The van der Waals surface area contributed by atoms with Crippen molar-refractivity contribution in [2.75, 3.05) is 41.7 Å². The van der Waals surface area contributed by atoms with Crippen LogP contribution in [0.1, 0.15) is 30.9 Å². The van der Waals surface area contributed by atoms with E-state index >= 15 is 0 Å². The second kappa shape index (κ2) is 9.41. The van der Waals surface area contributed by atoms with Gasteiger partial charge in [-0.3, -0.25) is 4.79 Å². The minimum Gasteiger partial charge on any atom is -0.355 e. The van der Waals surface area contributed by atoms with Gasteiger partial charge in [0.25, 0.3) is 0 Å². The Morgan fingerprint density at radius 3 is 2.41 bits per heavy atom. The number of urea groups is 1. The summed E-state index contributed by atoms with van der Waals surface area (Å²) < 4.78 is 0. The van der Waals surface area contributed by atoms with Gasteiger partial charge in [0.1, 0.15) is 5.82 Å². The van der Waals surface area contributed by atoms with Crippen LogP contribution in [0, 0.1) is 13.8 Å². The SMILES string of the molecule is CCC(=O)N1CCCN(c2ccc(NC(=O)Nc3ccc(C)c(C)c3)cn2)CC1. The van der Waals surface area contributed by atoms with Crippen molar-refractivity contribution in [1.82, 2.24) is 9.88 Å². The third-order valence-corrected chi connectivity index (χ3v) is 5.25. The third-order valence-electron chi connectivity index (χ3n) is 5.25. The largest absolute Gasteiger partial charge is 0.355 e. The first-order chi connectivity index (χ1) is 14.0. The average molecular weight is 396 g/mol. The molecule has 2 N–H and O–H groups in total. The van der Waals surface area contributed by atoms with Crippen molar-refractivity contribution >= 4 is 29.1 Å². The first-order valence-corrected chi connectivity index (χ1v) is 10.1. The lowest BCUT2D eigenvalue weighted by atomic mass is 10.1. The van der Waals surface area contributed by atoms with Gasteiger partial charge in [0.15, 0.2) is 0 Å². The van der Waals surface area contributed by atoms with E-state index in [0.717, 1.165) is 43.1 Å². The van der Waals surface area contributed by atoms with Crippen molar-refractivity contribution in [2.24, 2.45) is 0 Å². The Labute approximate surface area is 172 Å². The summed E-state index contributed by atoms with van der Waals surface area (Å²) in [7, 11) is 0. The molecule has 7 nitrogen and oxygen atoms in total. The van der Waals surface area contributed by atoms with Crippen LogP contribution >= 0.6 is 0 Å². The fourth-order valence-electron chi connectivity index (χ4n) is 3.38. The summed E-state index contributed by atoms with van der Waals surface area (Å²) in [5.74, 6) is 1.06. The molecule has 1 aliphatic rings. The van der Waals surface area contributed by atoms with Gasteiger partial charge in [0.05, 0.1) is 11.9 Å². The van der Waals surface area contributed by atoms with Crippen LogP contribution in [0.25, 0.3) is 0 Å². The maximum atomic E-state index is 12.2. The average Bonchev–Trinajstić information content (AvgIpc) is 2.97. The molecule has 0 radical (unpaired) electrons. The fraction of sp³-hybridized carbons (Fsp3) is 0.409. The van der Waals surface area contributed by atoms with Crippen molar-refractivity contribution in [3.8, 4) is 0 Å². The number of anilines is 3. The van der Waals surface area contributed by atoms with Crippen LogP contribution in [-0.2, 0) is 4.79 Å². The first kappa shape index (κ1) is 20.6. The van der Waals surface area contributed by atoms with E-state index in [4.69, 9.17) is 0 Å². The van der Waals surface area contributed by atoms with Crippen LogP contribution in [0.5, 0.6) is 0 Å². The number of aryl methyl sites for hydroxylation is 2. The Kier molecular flexibility index (Phi) is 6.69. The van der Waals surface area contributed by atoms with Crippen LogP contribution in [0.15, 0.2) is 36.5 Å². The van der Waals surface area contributed by atoms with Crippen LogP contribution in [-0.4, -0.2) is 48.0 Å². The maximum absolute atomic E-state index is 12.2. The van der Waals surface area contributed by atoms with Gasteiger partial charge in [-0.25, -0.2) is 9.78 Å². The highest BCUT2D eigenvalue weighted by Gasteiger charge is 2.18. The molecular weight excluding hydrogens is 366 g/mol. The third kappa shape index (κ3) is 5.47. The number of benzene rings is 1. The van der Waals surface area contributed by atoms with Crippen molar-refractivity contribution in [2.45, 2.75) is 33.6 Å². The minimum absolute atomic E-state index is 0.203. The normalized spacial score (nSPS) is 14.3. The molecule has 0 spiro atoms. The molecule has 1 saturated heterocycles. The van der Waals surface area contributed by atoms with Crippen LogP contribution < -0.4 is 15.5 Å². The van der Waals surface area contributed by atoms with Gasteiger partial charge >= 0.3 is 6.03 Å². The molecule has 7 heteroatoms. The lowest BCUT2D eigenvalue weighted by Crippen LogP contribution is -2.34. The van der Waals surface area contributed by atoms with Crippen LogP contribution in [0.2, 0.25) is 0 Å². The monoisotopic (exact) mass is 395 g/mol. The molecule has 0 saturated carbocycles. The smallest absolute Gasteiger partial charge is 0.323 e. The highest BCUT2D eigenvalue weighted by atomic mass is 16.2. The Bertz CT molecular complexity index is 866. The number of nitrogens with one attached hydrogen (secondary N) is 2. The first-order valence-electron chi connectivity index (χ1n) is 10.1. The highest BCUT2D eigenvalue weighted by Crippen LogP contribution is 2.18. The standard InChI is InChI=1S/C22H29N5O2/c1-4-21(28)27-11-5-10-26(12-13-27)20-9-8-19(15-23-20)25-22(29)24-18-7-6-16(2)17(3)14-18/h6-9,14-15H,4-5,10-13H2,1-3H3,(H2,24,25,29). The number of aromatic nitrogens is 1. The number of hydrogen-bond acceptors (Lipinski definition) is 4. The summed E-state index contributed by atoms with van der Waals surface area (Å²) in [6, 6.07) is 9.27. The van der Waals surface area contributed by atoms with Gasteiger partial charge in [-0.2, -0.15) is 0 Å². The molecule has 0 bridgehead atoms. The molecule has 3 rings (SSSR count). The lowest BCUT2D eigenvalue weighted by Gasteiger charge is -2.22. The zero-order valence-electron chi connectivity index (χ0n) is 17.4. The summed E-state index contributed by atoms with van der Waals surface area (Å²) in [6.07, 6.45) is 3.13. The predicted octanol–water partition coefficient (Wildman–Crippen LogP) is 3.79. The Morgan fingerprint density at radius 1 is 0.966 bits per heavy atom. The number of rotatable bonds is 4. The highest BCUT2D eigenvalue weighted by molar-refractivity contribution is 5.99. The molecule has 154 valence electrons. The van der Waals surface area contributed by atoms with E-state index in [9.17, 15) is 9.59 Å². The van der Waals surface area contributed by atoms with Gasteiger partial charge in [0, 0.05) is 38.3 Å². The minimum atomic E-state index is -0.300. The molecule has 29 heavy (non-hydrogen) atoms. The van der Waals surface area contributed by atoms with E-state index in [1.807, 2.05) is 56.0 Å². The van der Waals surface area contributed by atoms with E-state index in [1.165, 1.54) is 5.56 Å². The Morgan fingerprint density at radius 2 is 1.72 bits per heavy atom. The van der Waals surface area contributed by atoms with Crippen molar-refractivity contribution in [3.63, 3.8) is 0 Å². The molecule has 1 aliphatic heterocycles. The van der Waals surface area contributed by atoms with Gasteiger partial charge in [-0.15, -0.1) is 0 Å². The molecule has 0 unspecified atom stereocenters. The Hall–Kier alpha value is -3.09. The van der Waals surface area contributed by atoms with Crippen LogP contribution in [0.3, 0.4) is 0 Å². The molecule has 2 aromatic rings. The van der Waals surface area contributed by atoms with E-state index in [0.29, 0.717) is 18.7 Å². The van der Waals surface area contributed by atoms with Crippen LogP contribution in [0.4, 0.5) is 22.0 Å². The molecule has 3 amide bonds. The maximum Gasteiger partial charge on any atom is 0.323 e. The van der Waals surface area contributed by atoms with Gasteiger partial charge in [0.2, 0.25) is 5.91 Å². The zero-order valence-corrected chi connectivity index (χ0v) is 17.4. The topological polar surface area (TPSA) is 77.6 Å². The molecule has 0 atom stereocenters. The number of carbonyl (C=O) groups is 2. The summed E-state index contributed by atoms with van der Waals surface area (Å²) in [6.45, 7) is 9.08. The van der Waals surface area contributed by atoms with E-state index in [-0.39, 0.29) is 11.9 Å². The number of carbonyl (C=O) groups excluding carboxylic acids is 2. The van der Waals surface area contributed by atoms with Crippen molar-refractivity contribution in [1.29, 1.82) is 0 Å². The number of nitrogens with zero attached hydrogens (tertiary/aromatic N) is 3. The molecule has 2 heterocycles. The number of hydrogen-bond donors (Lipinski definition) is 2. The number of pyridine rings is 1. The van der Waals surface area contributed by atoms with Gasteiger partial charge in [-0.05, 0) is 55.7 Å². The quantitative estimate of drug-likeness (QED) is 0.826. The second-order valence-corrected chi connectivity index (χ2v) is 7.36. The Balaban J connectivity index is 1.56. The van der Waals surface area contributed by atoms with Gasteiger partial charge < -0.3 is 20.4 Å². The molecule has 1 fully saturated rings. The summed E-state index contributed by atoms with van der Waals surface area (Å²) >= 11 is 0. The second-order valence-electron chi connectivity index (χ2n) is 7.36. The van der Waals surface area contributed by atoms with E-state index < -0.39 is 0 Å². The molecule has 0 aliphatic carbocycles. The molecule has 1 aromatic carbocycles. The lowest BCUT2D eigenvalue weighted by molar-refractivity contribution is -0.130.